The van der Waals surface area contributed by atoms with Gasteiger partial charge in [0.1, 0.15) is 11.3 Å². The van der Waals surface area contributed by atoms with Gasteiger partial charge in [-0.2, -0.15) is 0 Å². The number of hydrogen-bond acceptors (Lipinski definition) is 7. The molecular weight excluding hydrogens is 272 g/mol. The molecule has 1 aromatic rings. The summed E-state index contributed by atoms with van der Waals surface area (Å²) in [5.74, 6) is -1.87. The second kappa shape index (κ2) is 5.79. The van der Waals surface area contributed by atoms with E-state index in [1.165, 1.54) is 5.38 Å². The first-order valence-corrected chi connectivity index (χ1v) is 6.19. The van der Waals surface area contributed by atoms with E-state index in [0.717, 1.165) is 18.4 Å². The Hall–Kier alpha value is -1.96. The zero-order valence-electron chi connectivity index (χ0n) is 11.0. The average molecular weight is 286 g/mol. The number of Topliss-reactive ketones (excluding diaryl/α,β-unsaturated/α-hetero) is 1. The lowest BCUT2D eigenvalue weighted by atomic mass is 10.2. The smallest absolute Gasteiger partial charge is 0.413 e. The standard InChI is InChI=1S/C11H14N2O5S/c1-11(2,3)18-10(16)13-9-12-6(5-19-9)7(14)8(15)17-4/h5H,1-4H3,(H,12,13,16). The van der Waals surface area contributed by atoms with Crippen LogP contribution in [0.3, 0.4) is 0 Å². The third-order valence-electron chi connectivity index (χ3n) is 1.72. The molecule has 0 fully saturated rings. The fraction of sp³-hybridized carbons (Fsp3) is 0.455. The summed E-state index contributed by atoms with van der Waals surface area (Å²) < 4.78 is 9.31. The topological polar surface area (TPSA) is 94.6 Å². The molecule has 7 nitrogen and oxygen atoms in total. The summed E-state index contributed by atoms with van der Waals surface area (Å²) in [5, 5.41) is 3.89. The molecule has 0 aliphatic carbocycles. The Balaban J connectivity index is 2.68. The predicted molar refractivity (Wildman–Crippen MR) is 68.3 cm³/mol. The number of ether oxygens (including phenoxy) is 2. The molecule has 1 heterocycles. The van der Waals surface area contributed by atoms with Crippen LogP contribution in [-0.4, -0.2) is 35.5 Å². The fourth-order valence-electron chi connectivity index (χ4n) is 1.02. The number of ketones is 1. The maximum absolute atomic E-state index is 11.5. The van der Waals surface area contributed by atoms with Gasteiger partial charge in [-0.25, -0.2) is 14.6 Å². The highest BCUT2D eigenvalue weighted by Crippen LogP contribution is 2.17. The molecule has 0 bridgehead atoms. The molecule has 0 radical (unpaired) electrons. The molecule has 19 heavy (non-hydrogen) atoms. The summed E-state index contributed by atoms with van der Waals surface area (Å²) in [7, 11) is 1.10. The molecule has 0 saturated carbocycles. The van der Waals surface area contributed by atoms with Gasteiger partial charge in [0, 0.05) is 5.38 Å². The number of amides is 1. The molecule has 104 valence electrons. The van der Waals surface area contributed by atoms with E-state index in [4.69, 9.17) is 4.74 Å². The highest BCUT2D eigenvalue weighted by molar-refractivity contribution is 7.14. The number of anilines is 1. The lowest BCUT2D eigenvalue weighted by Crippen LogP contribution is -2.27. The summed E-state index contributed by atoms with van der Waals surface area (Å²) in [5.41, 5.74) is -0.714. The Morgan fingerprint density at radius 2 is 1.95 bits per heavy atom. The minimum Gasteiger partial charge on any atom is -0.463 e. The van der Waals surface area contributed by atoms with Crippen molar-refractivity contribution < 1.29 is 23.9 Å². The van der Waals surface area contributed by atoms with E-state index in [9.17, 15) is 14.4 Å². The van der Waals surface area contributed by atoms with Crippen LogP contribution in [0, 0.1) is 0 Å². The molecule has 0 aliphatic heterocycles. The minimum absolute atomic E-state index is 0.0806. The van der Waals surface area contributed by atoms with Crippen molar-refractivity contribution in [3.8, 4) is 0 Å². The molecule has 1 amide bonds. The second-order valence-corrected chi connectivity index (χ2v) is 5.34. The number of aromatic nitrogens is 1. The number of hydrogen-bond donors (Lipinski definition) is 1. The van der Waals surface area contributed by atoms with E-state index in [1.807, 2.05) is 0 Å². The van der Waals surface area contributed by atoms with Crippen molar-refractivity contribution >= 4 is 34.3 Å². The van der Waals surface area contributed by atoms with Gasteiger partial charge in [0.2, 0.25) is 0 Å². The van der Waals surface area contributed by atoms with Gasteiger partial charge in [0.25, 0.3) is 5.78 Å². The van der Waals surface area contributed by atoms with Gasteiger partial charge in [-0.15, -0.1) is 11.3 Å². The summed E-state index contributed by atoms with van der Waals surface area (Å²) >= 11 is 1.01. The maximum atomic E-state index is 11.5. The molecule has 0 atom stereocenters. The highest BCUT2D eigenvalue weighted by Gasteiger charge is 2.21. The number of esters is 1. The number of nitrogens with zero attached hydrogens (tertiary/aromatic N) is 1. The largest absolute Gasteiger partial charge is 0.463 e. The molecule has 1 rings (SSSR count). The first-order valence-electron chi connectivity index (χ1n) is 5.31. The molecule has 1 aromatic heterocycles. The van der Waals surface area contributed by atoms with Crippen LogP contribution >= 0.6 is 11.3 Å². The van der Waals surface area contributed by atoms with E-state index in [1.54, 1.807) is 20.8 Å². The van der Waals surface area contributed by atoms with Crippen molar-refractivity contribution in [2.45, 2.75) is 26.4 Å². The fourth-order valence-corrected chi connectivity index (χ4v) is 1.70. The van der Waals surface area contributed by atoms with Crippen molar-refractivity contribution in [1.29, 1.82) is 0 Å². The third kappa shape index (κ3) is 4.66. The molecule has 0 unspecified atom stereocenters. The minimum atomic E-state index is -1.01. The maximum Gasteiger partial charge on any atom is 0.413 e. The first kappa shape index (κ1) is 15.1. The Bertz CT molecular complexity index is 503. The molecule has 0 aromatic carbocycles. The van der Waals surface area contributed by atoms with E-state index in [0.29, 0.717) is 0 Å². The third-order valence-corrected chi connectivity index (χ3v) is 2.47. The van der Waals surface area contributed by atoms with Crippen LogP contribution in [0.25, 0.3) is 0 Å². The highest BCUT2D eigenvalue weighted by atomic mass is 32.1. The monoisotopic (exact) mass is 286 g/mol. The predicted octanol–water partition coefficient (Wildman–Crippen LogP) is 1.85. The summed E-state index contributed by atoms with van der Waals surface area (Å²) in [6.45, 7) is 5.17. The van der Waals surface area contributed by atoms with Crippen molar-refractivity contribution in [2.75, 3.05) is 12.4 Å². The van der Waals surface area contributed by atoms with Crippen molar-refractivity contribution in [2.24, 2.45) is 0 Å². The van der Waals surface area contributed by atoms with Crippen LogP contribution in [0.15, 0.2) is 5.38 Å². The van der Waals surface area contributed by atoms with Gasteiger partial charge in [-0.05, 0) is 20.8 Å². The molecule has 1 N–H and O–H groups in total. The molecule has 0 aliphatic rings. The van der Waals surface area contributed by atoms with Gasteiger partial charge in [0.05, 0.1) is 7.11 Å². The van der Waals surface area contributed by atoms with Crippen molar-refractivity contribution in [1.82, 2.24) is 4.98 Å². The normalized spacial score (nSPS) is 10.7. The van der Waals surface area contributed by atoms with Gasteiger partial charge in [0.15, 0.2) is 5.13 Å². The van der Waals surface area contributed by atoms with Crippen molar-refractivity contribution in [3.63, 3.8) is 0 Å². The van der Waals surface area contributed by atoms with E-state index < -0.39 is 23.4 Å². The zero-order valence-corrected chi connectivity index (χ0v) is 11.8. The lowest BCUT2D eigenvalue weighted by molar-refractivity contribution is -0.135. The average Bonchev–Trinajstić information content (AvgIpc) is 2.72. The molecule has 0 spiro atoms. The zero-order chi connectivity index (χ0) is 14.6. The Morgan fingerprint density at radius 3 is 2.47 bits per heavy atom. The van der Waals surface area contributed by atoms with Gasteiger partial charge < -0.3 is 9.47 Å². The first-order chi connectivity index (χ1) is 8.73. The van der Waals surface area contributed by atoms with Crippen LogP contribution in [0.5, 0.6) is 0 Å². The number of carbonyl (C=O) groups excluding carboxylic acids is 3. The quantitative estimate of drug-likeness (QED) is 0.517. The Labute approximate surface area is 113 Å². The lowest BCUT2D eigenvalue weighted by Gasteiger charge is -2.18. The summed E-state index contributed by atoms with van der Waals surface area (Å²) in [6.07, 6.45) is -0.682. The van der Waals surface area contributed by atoms with Gasteiger partial charge >= 0.3 is 12.1 Å². The molecule has 8 heteroatoms. The van der Waals surface area contributed by atoms with Crippen molar-refractivity contribution in [3.05, 3.63) is 11.1 Å². The number of thiazole rings is 1. The van der Waals surface area contributed by atoms with Crippen LogP contribution in [0.1, 0.15) is 31.3 Å². The second-order valence-electron chi connectivity index (χ2n) is 4.49. The van der Waals surface area contributed by atoms with Gasteiger partial charge in [-0.3, -0.25) is 10.1 Å². The van der Waals surface area contributed by atoms with Crippen LogP contribution < -0.4 is 5.32 Å². The van der Waals surface area contributed by atoms with Crippen LogP contribution in [0.2, 0.25) is 0 Å². The summed E-state index contributed by atoms with van der Waals surface area (Å²) in [4.78, 5) is 37.7. The Kier molecular flexibility index (Phi) is 4.60. The number of carbonyl (C=O) groups is 3. The van der Waals surface area contributed by atoms with Gasteiger partial charge in [-0.1, -0.05) is 0 Å². The van der Waals surface area contributed by atoms with E-state index in [-0.39, 0.29) is 10.8 Å². The Morgan fingerprint density at radius 1 is 1.32 bits per heavy atom. The SMILES string of the molecule is COC(=O)C(=O)c1csc(NC(=O)OC(C)(C)C)n1. The van der Waals surface area contributed by atoms with E-state index in [2.05, 4.69) is 15.0 Å². The van der Waals surface area contributed by atoms with E-state index >= 15 is 0 Å². The number of nitrogens with one attached hydrogen (secondary N) is 1. The molecule has 0 saturated heterocycles. The number of methoxy groups -OCH3 is 1. The number of rotatable bonds is 3. The summed E-state index contributed by atoms with van der Waals surface area (Å²) in [6, 6.07) is 0. The van der Waals surface area contributed by atoms with Crippen LogP contribution in [0.4, 0.5) is 9.93 Å². The van der Waals surface area contributed by atoms with Crippen LogP contribution in [-0.2, 0) is 14.3 Å². The molecular formula is C11H14N2O5S.